The fraction of sp³-hybridized carbons (Fsp3) is 0.400. The lowest BCUT2D eigenvalue weighted by molar-refractivity contribution is -0.138. The Morgan fingerprint density at radius 2 is 2.07 bits per heavy atom. The zero-order chi connectivity index (χ0) is 11.9. The zero-order valence-corrected chi connectivity index (χ0v) is 11.2. The Bertz CT molecular complexity index is 274. The van der Waals surface area contributed by atoms with Crippen molar-refractivity contribution < 1.29 is 9.53 Å². The third-order valence-electron chi connectivity index (χ3n) is 1.09. The van der Waals surface area contributed by atoms with Gasteiger partial charge in [0.05, 0.1) is 0 Å². The van der Waals surface area contributed by atoms with Crippen LogP contribution in [0.25, 0.3) is 0 Å². The number of halogens is 2. The van der Waals surface area contributed by atoms with E-state index in [1.54, 1.807) is 12.3 Å². The van der Waals surface area contributed by atoms with Gasteiger partial charge in [-0.05, 0) is 48.8 Å². The topological polar surface area (TPSA) is 39.2 Å². The van der Waals surface area contributed by atoms with E-state index in [1.807, 2.05) is 26.8 Å². The van der Waals surface area contributed by atoms with Gasteiger partial charge >= 0.3 is 0 Å². The molecule has 0 fully saturated rings. The molecule has 84 valence electrons. The number of hydrogen-bond donors (Lipinski definition) is 0. The minimum atomic E-state index is -0.318. The summed E-state index contributed by atoms with van der Waals surface area (Å²) < 4.78 is 5.49. The molecule has 0 saturated heterocycles. The molecular weight excluding hydrogens is 281 g/mol. The number of aromatic nitrogens is 1. The van der Waals surface area contributed by atoms with Crippen LogP contribution in [0.3, 0.4) is 0 Å². The molecule has 0 spiro atoms. The maximum absolute atomic E-state index is 9.60. The number of carbonyl (C=O) groups excluding carboxylic acids is 1. The lowest BCUT2D eigenvalue weighted by Crippen LogP contribution is -2.17. The van der Waals surface area contributed by atoms with Crippen molar-refractivity contribution in [1.29, 1.82) is 0 Å². The Morgan fingerprint density at radius 1 is 1.47 bits per heavy atom. The highest BCUT2D eigenvalue weighted by Crippen LogP contribution is 2.09. The Kier molecular flexibility index (Phi) is 6.52. The maximum atomic E-state index is 9.60. The largest absolute Gasteiger partial charge is 0.462 e. The third-order valence-corrected chi connectivity index (χ3v) is 1.79. The molecule has 0 N–H and O–H groups in total. The first-order valence-corrected chi connectivity index (χ1v) is 5.41. The molecule has 0 atom stereocenters. The van der Waals surface area contributed by atoms with E-state index in [0.29, 0.717) is 11.6 Å². The van der Waals surface area contributed by atoms with Crippen molar-refractivity contribution >= 4 is 34.0 Å². The van der Waals surface area contributed by atoms with Gasteiger partial charge < -0.3 is 4.74 Å². The molecule has 3 nitrogen and oxygen atoms in total. The van der Waals surface area contributed by atoms with Crippen molar-refractivity contribution in [2.24, 2.45) is 0 Å². The van der Waals surface area contributed by atoms with Gasteiger partial charge in [-0.25, -0.2) is 4.98 Å². The van der Waals surface area contributed by atoms with Crippen LogP contribution in [0.5, 0.6) is 0 Å². The molecule has 0 saturated carbocycles. The molecule has 1 aromatic rings. The van der Waals surface area contributed by atoms with Crippen LogP contribution in [0.1, 0.15) is 20.8 Å². The van der Waals surface area contributed by atoms with Crippen LogP contribution >= 0.6 is 27.5 Å². The summed E-state index contributed by atoms with van der Waals surface area (Å²) >= 11 is 8.70. The molecule has 5 heteroatoms. The second-order valence-electron chi connectivity index (χ2n) is 3.63. The summed E-state index contributed by atoms with van der Waals surface area (Å²) in [4.78, 5) is 13.4. The number of carbonyl (C=O) groups is 1. The summed E-state index contributed by atoms with van der Waals surface area (Å²) in [7, 11) is 0. The van der Waals surface area contributed by atoms with Crippen molar-refractivity contribution in [3.8, 4) is 0 Å². The summed E-state index contributed by atoms with van der Waals surface area (Å²) in [5.41, 5.74) is -0.318. The molecule has 0 aliphatic heterocycles. The summed E-state index contributed by atoms with van der Waals surface area (Å²) in [6.45, 7) is 5.92. The van der Waals surface area contributed by atoms with Crippen molar-refractivity contribution in [2.75, 3.05) is 0 Å². The van der Waals surface area contributed by atoms with E-state index in [1.165, 1.54) is 0 Å². The molecule has 0 radical (unpaired) electrons. The number of nitrogens with zero attached hydrogens (tertiary/aromatic N) is 1. The van der Waals surface area contributed by atoms with Crippen LogP contribution in [0.2, 0.25) is 5.15 Å². The SMILES string of the molecule is CC(C)(C)OC=O.Clc1ccc(Br)cn1. The Hall–Kier alpha value is -0.610. The number of rotatable bonds is 1. The van der Waals surface area contributed by atoms with Crippen LogP contribution < -0.4 is 0 Å². The number of hydrogen-bond acceptors (Lipinski definition) is 3. The van der Waals surface area contributed by atoms with Gasteiger partial charge in [0, 0.05) is 10.7 Å². The average Bonchev–Trinajstić information content (AvgIpc) is 2.09. The molecule has 0 amide bonds. The fourth-order valence-corrected chi connectivity index (χ4v) is 0.848. The van der Waals surface area contributed by atoms with E-state index >= 15 is 0 Å². The predicted octanol–water partition coefficient (Wildman–Crippen LogP) is 3.46. The first-order chi connectivity index (χ1) is 6.85. The highest BCUT2D eigenvalue weighted by Gasteiger charge is 2.07. The van der Waals surface area contributed by atoms with Gasteiger partial charge in [0.25, 0.3) is 6.47 Å². The normalized spacial score (nSPS) is 9.93. The van der Waals surface area contributed by atoms with E-state index in [4.69, 9.17) is 11.6 Å². The van der Waals surface area contributed by atoms with Crippen molar-refractivity contribution in [3.63, 3.8) is 0 Å². The Labute approximate surface area is 103 Å². The third kappa shape index (κ3) is 9.69. The van der Waals surface area contributed by atoms with E-state index in [0.717, 1.165) is 4.47 Å². The molecule has 1 aromatic heterocycles. The highest BCUT2D eigenvalue weighted by molar-refractivity contribution is 9.10. The molecule has 15 heavy (non-hydrogen) atoms. The molecule has 0 aliphatic carbocycles. The summed E-state index contributed by atoms with van der Waals surface area (Å²) in [6, 6.07) is 3.57. The van der Waals surface area contributed by atoms with Crippen molar-refractivity contribution in [2.45, 2.75) is 26.4 Å². The maximum Gasteiger partial charge on any atom is 0.293 e. The van der Waals surface area contributed by atoms with Crippen LogP contribution in [-0.4, -0.2) is 17.1 Å². The molecule has 0 unspecified atom stereocenters. The van der Waals surface area contributed by atoms with E-state index < -0.39 is 0 Å². The van der Waals surface area contributed by atoms with Gasteiger partial charge in [-0.15, -0.1) is 0 Å². The van der Waals surface area contributed by atoms with Gasteiger partial charge in [0.2, 0.25) is 0 Å². The summed E-state index contributed by atoms with van der Waals surface area (Å²) in [5.74, 6) is 0. The first kappa shape index (κ1) is 14.4. The van der Waals surface area contributed by atoms with Gasteiger partial charge in [-0.3, -0.25) is 4.79 Å². The van der Waals surface area contributed by atoms with Crippen LogP contribution in [-0.2, 0) is 9.53 Å². The molecule has 0 aliphatic rings. The minimum Gasteiger partial charge on any atom is -0.462 e. The highest BCUT2D eigenvalue weighted by atomic mass is 79.9. The van der Waals surface area contributed by atoms with Crippen molar-refractivity contribution in [1.82, 2.24) is 4.98 Å². The number of ether oxygens (including phenoxy) is 1. The second-order valence-corrected chi connectivity index (χ2v) is 4.93. The first-order valence-electron chi connectivity index (χ1n) is 4.23. The molecular formula is C10H13BrClNO2. The van der Waals surface area contributed by atoms with Gasteiger partial charge in [-0.2, -0.15) is 0 Å². The Balaban J connectivity index is 0.000000265. The van der Waals surface area contributed by atoms with Crippen LogP contribution in [0.15, 0.2) is 22.8 Å². The summed E-state index contributed by atoms with van der Waals surface area (Å²) in [6.07, 6.45) is 1.66. The van der Waals surface area contributed by atoms with E-state index in [2.05, 4.69) is 25.7 Å². The van der Waals surface area contributed by atoms with E-state index in [-0.39, 0.29) is 5.60 Å². The van der Waals surface area contributed by atoms with Gasteiger partial charge in [0.15, 0.2) is 0 Å². The minimum absolute atomic E-state index is 0.318. The zero-order valence-electron chi connectivity index (χ0n) is 8.83. The quantitative estimate of drug-likeness (QED) is 0.588. The average molecular weight is 295 g/mol. The van der Waals surface area contributed by atoms with Crippen LogP contribution in [0, 0.1) is 0 Å². The lowest BCUT2D eigenvalue weighted by atomic mass is 10.2. The smallest absolute Gasteiger partial charge is 0.293 e. The Morgan fingerprint density at radius 3 is 2.27 bits per heavy atom. The van der Waals surface area contributed by atoms with Gasteiger partial charge in [-0.1, -0.05) is 11.6 Å². The summed E-state index contributed by atoms with van der Waals surface area (Å²) in [5, 5.41) is 0.521. The lowest BCUT2D eigenvalue weighted by Gasteiger charge is -2.14. The standard InChI is InChI=1S/C5H3BrClN.C5H10O2/c6-4-1-2-5(7)8-3-4;1-5(2,3)7-4-6/h1-3H;4H,1-3H3. The molecule has 1 rings (SSSR count). The molecule has 0 aromatic carbocycles. The van der Waals surface area contributed by atoms with Crippen molar-refractivity contribution in [3.05, 3.63) is 28.0 Å². The monoisotopic (exact) mass is 293 g/mol. The van der Waals surface area contributed by atoms with Crippen LogP contribution in [0.4, 0.5) is 0 Å². The predicted molar refractivity (Wildman–Crippen MR) is 63.8 cm³/mol. The molecule has 1 heterocycles. The van der Waals surface area contributed by atoms with E-state index in [9.17, 15) is 4.79 Å². The number of pyridine rings is 1. The fourth-order valence-electron chi connectivity index (χ4n) is 0.502. The molecule has 0 bridgehead atoms. The second kappa shape index (κ2) is 6.80. The van der Waals surface area contributed by atoms with Gasteiger partial charge in [0.1, 0.15) is 10.8 Å².